The van der Waals surface area contributed by atoms with Gasteiger partial charge in [-0.25, -0.2) is 0 Å². The van der Waals surface area contributed by atoms with Crippen LogP contribution in [0.4, 0.5) is 0 Å². The molecular formula is C14H14O5. The molecule has 0 saturated heterocycles. The summed E-state index contributed by atoms with van der Waals surface area (Å²) in [6.45, 7) is 0. The van der Waals surface area contributed by atoms with E-state index < -0.39 is 23.3 Å². The van der Waals surface area contributed by atoms with Gasteiger partial charge >= 0.3 is 11.9 Å². The van der Waals surface area contributed by atoms with E-state index in [4.69, 9.17) is 0 Å². The maximum atomic E-state index is 12.2. The molecule has 2 rings (SSSR count). The largest absolute Gasteiger partial charge is 0.468 e. The van der Waals surface area contributed by atoms with Crippen molar-refractivity contribution < 1.29 is 23.9 Å². The molecule has 1 aliphatic carbocycles. The molecule has 1 atom stereocenters. The van der Waals surface area contributed by atoms with Crippen molar-refractivity contribution in [2.75, 3.05) is 14.2 Å². The Hall–Kier alpha value is -2.17. The molecule has 5 nitrogen and oxygen atoms in total. The molecule has 1 aromatic rings. The van der Waals surface area contributed by atoms with Crippen LogP contribution in [0.2, 0.25) is 0 Å². The Morgan fingerprint density at radius 3 is 2.05 bits per heavy atom. The maximum absolute atomic E-state index is 12.2. The molecule has 5 heteroatoms. The lowest BCUT2D eigenvalue weighted by Crippen LogP contribution is -2.32. The first-order chi connectivity index (χ1) is 9.07. The number of carbonyl (C=O) groups is 3. The first kappa shape index (κ1) is 13.3. The van der Waals surface area contributed by atoms with Gasteiger partial charge in [0, 0.05) is 5.56 Å². The van der Waals surface area contributed by atoms with Gasteiger partial charge in [0.25, 0.3) is 0 Å². The van der Waals surface area contributed by atoms with E-state index in [9.17, 15) is 14.4 Å². The number of rotatable bonds is 4. The van der Waals surface area contributed by atoms with Crippen LogP contribution in [-0.2, 0) is 19.1 Å². The summed E-state index contributed by atoms with van der Waals surface area (Å²) in [7, 11) is 2.38. The Labute approximate surface area is 110 Å². The summed E-state index contributed by atoms with van der Waals surface area (Å²) in [5.74, 6) is -2.37. The second-order valence-corrected chi connectivity index (χ2v) is 4.44. The molecule has 0 N–H and O–H groups in total. The van der Waals surface area contributed by atoms with Gasteiger partial charge in [-0.3, -0.25) is 14.4 Å². The van der Waals surface area contributed by atoms with Gasteiger partial charge in [0.05, 0.1) is 20.1 Å². The van der Waals surface area contributed by atoms with Crippen molar-refractivity contribution >= 4 is 17.7 Å². The Morgan fingerprint density at radius 1 is 1.05 bits per heavy atom. The number of carbonyl (C=O) groups excluding carboxylic acids is 3. The monoisotopic (exact) mass is 262 g/mol. The maximum Gasteiger partial charge on any atom is 0.324 e. The molecule has 0 radical (unpaired) electrons. The van der Waals surface area contributed by atoms with Gasteiger partial charge in [-0.1, -0.05) is 30.3 Å². The van der Waals surface area contributed by atoms with Crippen LogP contribution in [0.15, 0.2) is 30.3 Å². The number of benzene rings is 1. The number of Topliss-reactive ketones (excluding diaryl/α,β-unsaturated/α-hetero) is 1. The Kier molecular flexibility index (Phi) is 3.38. The molecular weight excluding hydrogens is 248 g/mol. The second-order valence-electron chi connectivity index (χ2n) is 4.44. The van der Waals surface area contributed by atoms with E-state index >= 15 is 0 Å². The lowest BCUT2D eigenvalue weighted by Gasteiger charge is -2.11. The van der Waals surface area contributed by atoms with Crippen LogP contribution in [0.1, 0.15) is 16.8 Å². The summed E-state index contributed by atoms with van der Waals surface area (Å²) < 4.78 is 9.25. The number of ketones is 1. The average molecular weight is 262 g/mol. The van der Waals surface area contributed by atoms with Crippen LogP contribution >= 0.6 is 0 Å². The van der Waals surface area contributed by atoms with Crippen molar-refractivity contribution in [3.63, 3.8) is 0 Å². The number of methoxy groups -OCH3 is 2. The molecule has 0 aliphatic heterocycles. The molecule has 1 aliphatic rings. The SMILES string of the molecule is COC(=O)C1(C(=O)OC)CC1C(=O)c1ccccc1. The molecule has 1 unspecified atom stereocenters. The van der Waals surface area contributed by atoms with E-state index in [-0.39, 0.29) is 12.2 Å². The van der Waals surface area contributed by atoms with Gasteiger partial charge in [-0.15, -0.1) is 0 Å². The highest BCUT2D eigenvalue weighted by Gasteiger charge is 2.70. The van der Waals surface area contributed by atoms with Crippen LogP contribution in [0.25, 0.3) is 0 Å². The fourth-order valence-electron chi connectivity index (χ4n) is 2.28. The Balaban J connectivity index is 2.27. The first-order valence-electron chi connectivity index (χ1n) is 5.84. The van der Waals surface area contributed by atoms with E-state index in [1.807, 2.05) is 0 Å². The van der Waals surface area contributed by atoms with Crippen LogP contribution in [0.3, 0.4) is 0 Å². The van der Waals surface area contributed by atoms with E-state index in [2.05, 4.69) is 9.47 Å². The predicted octanol–water partition coefficient (Wildman–Crippen LogP) is 1.22. The topological polar surface area (TPSA) is 69.7 Å². The van der Waals surface area contributed by atoms with Crippen molar-refractivity contribution in [3.8, 4) is 0 Å². The summed E-state index contributed by atoms with van der Waals surface area (Å²) in [6.07, 6.45) is 0.139. The molecule has 1 fully saturated rings. The van der Waals surface area contributed by atoms with E-state index in [0.29, 0.717) is 5.56 Å². The first-order valence-corrected chi connectivity index (χ1v) is 5.84. The minimum absolute atomic E-state index is 0.139. The fraction of sp³-hybridized carbons (Fsp3) is 0.357. The molecule has 1 saturated carbocycles. The molecule has 19 heavy (non-hydrogen) atoms. The van der Waals surface area contributed by atoms with Crippen molar-refractivity contribution in [2.45, 2.75) is 6.42 Å². The van der Waals surface area contributed by atoms with Gasteiger partial charge in [-0.05, 0) is 6.42 Å². The average Bonchev–Trinajstić information content (AvgIpc) is 3.22. The van der Waals surface area contributed by atoms with E-state index in [1.54, 1.807) is 30.3 Å². The van der Waals surface area contributed by atoms with Gasteiger partial charge in [0.2, 0.25) is 0 Å². The van der Waals surface area contributed by atoms with Crippen LogP contribution in [0.5, 0.6) is 0 Å². The summed E-state index contributed by atoms with van der Waals surface area (Å²) in [6, 6.07) is 8.55. The Morgan fingerprint density at radius 2 is 1.58 bits per heavy atom. The molecule has 0 spiro atoms. The van der Waals surface area contributed by atoms with E-state index in [0.717, 1.165) is 0 Å². The molecule has 0 aromatic heterocycles. The number of hydrogen-bond acceptors (Lipinski definition) is 5. The van der Waals surface area contributed by atoms with Crippen molar-refractivity contribution in [1.82, 2.24) is 0 Å². The summed E-state index contributed by atoms with van der Waals surface area (Å²) in [4.78, 5) is 35.8. The molecule has 0 bridgehead atoms. The minimum Gasteiger partial charge on any atom is -0.468 e. The normalized spacial score (nSPS) is 19.4. The number of ether oxygens (including phenoxy) is 2. The molecule has 0 amide bonds. The third kappa shape index (κ3) is 2.01. The predicted molar refractivity (Wildman–Crippen MR) is 65.3 cm³/mol. The molecule has 100 valence electrons. The van der Waals surface area contributed by atoms with Gasteiger partial charge in [-0.2, -0.15) is 0 Å². The standard InChI is InChI=1S/C14H14O5/c1-18-12(16)14(13(17)19-2)8-10(14)11(15)9-6-4-3-5-7-9/h3-7,10H,8H2,1-2H3. The lowest BCUT2D eigenvalue weighted by molar-refractivity contribution is -0.161. The van der Waals surface area contributed by atoms with E-state index in [1.165, 1.54) is 14.2 Å². The third-order valence-corrected chi connectivity index (χ3v) is 3.43. The van der Waals surface area contributed by atoms with Crippen LogP contribution < -0.4 is 0 Å². The van der Waals surface area contributed by atoms with Crippen LogP contribution in [-0.4, -0.2) is 31.9 Å². The quantitative estimate of drug-likeness (QED) is 0.463. The van der Waals surface area contributed by atoms with Gasteiger partial charge < -0.3 is 9.47 Å². The molecule has 0 heterocycles. The highest BCUT2D eigenvalue weighted by atomic mass is 16.5. The van der Waals surface area contributed by atoms with Crippen LogP contribution in [0, 0.1) is 11.3 Å². The molecule has 1 aromatic carbocycles. The lowest BCUT2D eigenvalue weighted by atomic mass is 9.98. The smallest absolute Gasteiger partial charge is 0.324 e. The Bertz CT molecular complexity index is 504. The zero-order valence-corrected chi connectivity index (χ0v) is 10.7. The summed E-state index contributed by atoms with van der Waals surface area (Å²) >= 11 is 0. The zero-order chi connectivity index (χ0) is 14.0. The number of hydrogen-bond donors (Lipinski definition) is 0. The van der Waals surface area contributed by atoms with Crippen molar-refractivity contribution in [1.29, 1.82) is 0 Å². The van der Waals surface area contributed by atoms with Crippen molar-refractivity contribution in [2.24, 2.45) is 11.3 Å². The number of esters is 2. The summed E-state index contributed by atoms with van der Waals surface area (Å²) in [5.41, 5.74) is -0.988. The minimum atomic E-state index is -1.46. The fourth-order valence-corrected chi connectivity index (χ4v) is 2.28. The van der Waals surface area contributed by atoms with Crippen molar-refractivity contribution in [3.05, 3.63) is 35.9 Å². The highest BCUT2D eigenvalue weighted by molar-refractivity contribution is 6.13. The second kappa shape index (κ2) is 4.84. The van der Waals surface area contributed by atoms with Gasteiger partial charge in [0.15, 0.2) is 11.2 Å². The highest BCUT2D eigenvalue weighted by Crippen LogP contribution is 2.55. The third-order valence-electron chi connectivity index (χ3n) is 3.43. The van der Waals surface area contributed by atoms with Gasteiger partial charge in [0.1, 0.15) is 0 Å². The summed E-state index contributed by atoms with van der Waals surface area (Å²) in [5, 5.41) is 0. The zero-order valence-electron chi connectivity index (χ0n) is 10.7.